The van der Waals surface area contributed by atoms with E-state index < -0.39 is 10.2 Å². The average Bonchev–Trinajstić information content (AvgIpc) is 2.73. The molecule has 170 valence electrons. The van der Waals surface area contributed by atoms with Crippen molar-refractivity contribution in [1.82, 2.24) is 13.9 Å². The van der Waals surface area contributed by atoms with E-state index >= 15 is 0 Å². The van der Waals surface area contributed by atoms with Gasteiger partial charge in [0.05, 0.1) is 5.92 Å². The molecule has 4 bridgehead atoms. The molecule has 6 nitrogen and oxygen atoms in total. The van der Waals surface area contributed by atoms with Crippen LogP contribution in [0.25, 0.3) is 0 Å². The summed E-state index contributed by atoms with van der Waals surface area (Å²) in [5, 5.41) is 3.38. The first kappa shape index (κ1) is 21.2. The summed E-state index contributed by atoms with van der Waals surface area (Å²) in [4.78, 5) is 13.2. The SMILES string of the molecule is C[C@H](NC(=O)[C@H]1CCCN(S(=O)(=O)N2CCCCC2)C1)C12CC3CC(CC(C3)C1)C2. The fourth-order valence-electron chi connectivity index (χ4n) is 7.82. The number of carbonyl (C=O) groups excluding carboxylic acids is 1. The van der Waals surface area contributed by atoms with Gasteiger partial charge in [0, 0.05) is 32.2 Å². The molecule has 1 N–H and O–H groups in total. The summed E-state index contributed by atoms with van der Waals surface area (Å²) >= 11 is 0. The average molecular weight is 438 g/mol. The van der Waals surface area contributed by atoms with Crippen molar-refractivity contribution >= 4 is 16.1 Å². The number of rotatable bonds is 5. The van der Waals surface area contributed by atoms with Gasteiger partial charge in [-0.3, -0.25) is 4.79 Å². The largest absolute Gasteiger partial charge is 0.353 e. The van der Waals surface area contributed by atoms with Crippen molar-refractivity contribution in [2.45, 2.75) is 83.6 Å². The molecular formula is C23H39N3O3S. The van der Waals surface area contributed by atoms with Crippen molar-refractivity contribution in [3.63, 3.8) is 0 Å². The minimum Gasteiger partial charge on any atom is -0.353 e. The maximum Gasteiger partial charge on any atom is 0.281 e. The number of carbonyl (C=O) groups is 1. The normalized spacial score (nSPS) is 41.0. The van der Waals surface area contributed by atoms with Crippen LogP contribution in [0, 0.1) is 29.1 Å². The highest BCUT2D eigenvalue weighted by Crippen LogP contribution is 2.61. The third-order valence-corrected chi connectivity index (χ3v) is 11.1. The van der Waals surface area contributed by atoms with Gasteiger partial charge in [-0.1, -0.05) is 6.42 Å². The van der Waals surface area contributed by atoms with Gasteiger partial charge in [-0.2, -0.15) is 17.0 Å². The van der Waals surface area contributed by atoms with Gasteiger partial charge in [0.25, 0.3) is 10.2 Å². The predicted molar refractivity (Wildman–Crippen MR) is 117 cm³/mol. The fraction of sp³-hybridized carbons (Fsp3) is 0.957. The lowest BCUT2D eigenvalue weighted by atomic mass is 9.48. The summed E-state index contributed by atoms with van der Waals surface area (Å²) in [6, 6.07) is 0.201. The fourth-order valence-corrected chi connectivity index (χ4v) is 9.59. The van der Waals surface area contributed by atoms with Gasteiger partial charge in [-0.15, -0.1) is 0 Å². The van der Waals surface area contributed by atoms with E-state index in [0.717, 1.165) is 49.9 Å². The van der Waals surface area contributed by atoms with Crippen LogP contribution in [0.15, 0.2) is 0 Å². The molecule has 1 amide bonds. The van der Waals surface area contributed by atoms with Gasteiger partial charge in [-0.05, 0) is 94.3 Å². The first-order valence-electron chi connectivity index (χ1n) is 12.4. The first-order valence-corrected chi connectivity index (χ1v) is 13.8. The second-order valence-corrected chi connectivity index (χ2v) is 13.1. The minimum atomic E-state index is -3.43. The van der Waals surface area contributed by atoms with E-state index in [2.05, 4.69) is 12.2 Å². The van der Waals surface area contributed by atoms with Gasteiger partial charge in [0.2, 0.25) is 5.91 Å². The van der Waals surface area contributed by atoms with Gasteiger partial charge in [0.15, 0.2) is 0 Å². The van der Waals surface area contributed by atoms with Gasteiger partial charge in [0.1, 0.15) is 0 Å². The van der Waals surface area contributed by atoms with Crippen molar-refractivity contribution in [2.75, 3.05) is 26.2 Å². The van der Waals surface area contributed by atoms with Crippen molar-refractivity contribution in [3.8, 4) is 0 Å². The van der Waals surface area contributed by atoms with Crippen LogP contribution in [-0.2, 0) is 15.0 Å². The Morgan fingerprint density at radius 1 is 0.900 bits per heavy atom. The number of nitrogens with zero attached hydrogens (tertiary/aromatic N) is 2. The lowest BCUT2D eigenvalue weighted by molar-refractivity contribution is -0.130. The van der Waals surface area contributed by atoms with E-state index in [4.69, 9.17) is 0 Å². The first-order chi connectivity index (χ1) is 14.4. The Balaban J connectivity index is 1.22. The lowest BCUT2D eigenvalue weighted by Gasteiger charge is -2.59. The molecule has 7 heteroatoms. The number of hydrogen-bond acceptors (Lipinski definition) is 3. The second kappa shape index (κ2) is 8.04. The van der Waals surface area contributed by atoms with Crippen LogP contribution < -0.4 is 5.32 Å². The topological polar surface area (TPSA) is 69.7 Å². The molecule has 6 fully saturated rings. The zero-order chi connectivity index (χ0) is 20.9. The Morgan fingerprint density at radius 3 is 2.07 bits per heavy atom. The number of nitrogens with one attached hydrogen (secondary N) is 1. The molecule has 0 aromatic carbocycles. The molecule has 6 aliphatic rings. The summed E-state index contributed by atoms with van der Waals surface area (Å²) in [7, 11) is -3.43. The maximum absolute atomic E-state index is 13.2. The summed E-state index contributed by atoms with van der Waals surface area (Å²) in [6.45, 7) is 4.36. The number of amides is 1. The standard InChI is InChI=1S/C23H39N3O3S/c1-17(23-13-18-10-19(14-23)12-20(11-18)15-23)24-22(27)21-6-5-9-26(16-21)30(28,29)25-7-3-2-4-8-25/h17-21H,2-16H2,1H3,(H,24,27)/t17-,18?,19?,20?,21-,23?/m0/s1. The van der Waals surface area contributed by atoms with Crippen LogP contribution in [0.3, 0.4) is 0 Å². The molecule has 2 aliphatic heterocycles. The third kappa shape index (κ3) is 3.83. The van der Waals surface area contributed by atoms with E-state index in [-0.39, 0.29) is 17.9 Å². The second-order valence-electron chi connectivity index (χ2n) is 11.2. The molecule has 2 heterocycles. The Hall–Kier alpha value is -0.660. The zero-order valence-electron chi connectivity index (χ0n) is 18.5. The van der Waals surface area contributed by atoms with Crippen LogP contribution in [0.2, 0.25) is 0 Å². The van der Waals surface area contributed by atoms with E-state index in [1.54, 1.807) is 8.61 Å². The molecular weight excluding hydrogens is 398 g/mol. The Labute approximate surface area is 182 Å². The molecule has 4 saturated carbocycles. The summed E-state index contributed by atoms with van der Waals surface area (Å²) < 4.78 is 29.4. The van der Waals surface area contributed by atoms with Crippen molar-refractivity contribution in [3.05, 3.63) is 0 Å². The molecule has 2 atom stereocenters. The van der Waals surface area contributed by atoms with E-state index in [1.807, 2.05) is 0 Å². The van der Waals surface area contributed by atoms with Gasteiger partial charge in [-0.25, -0.2) is 0 Å². The minimum absolute atomic E-state index is 0.0804. The van der Waals surface area contributed by atoms with E-state index in [0.29, 0.717) is 31.6 Å². The Kier molecular flexibility index (Phi) is 5.68. The zero-order valence-corrected chi connectivity index (χ0v) is 19.3. The van der Waals surface area contributed by atoms with Crippen molar-refractivity contribution in [2.24, 2.45) is 29.1 Å². The van der Waals surface area contributed by atoms with Crippen LogP contribution >= 0.6 is 0 Å². The van der Waals surface area contributed by atoms with Gasteiger partial charge < -0.3 is 5.32 Å². The molecule has 30 heavy (non-hydrogen) atoms. The van der Waals surface area contributed by atoms with Crippen LogP contribution in [0.1, 0.15) is 77.6 Å². The molecule has 0 aromatic heterocycles. The molecule has 0 spiro atoms. The smallest absolute Gasteiger partial charge is 0.281 e. The van der Waals surface area contributed by atoms with Gasteiger partial charge >= 0.3 is 0 Å². The highest BCUT2D eigenvalue weighted by molar-refractivity contribution is 7.86. The maximum atomic E-state index is 13.2. The molecule has 6 rings (SSSR count). The number of hydrogen-bond donors (Lipinski definition) is 1. The predicted octanol–water partition coefficient (Wildman–Crippen LogP) is 3.15. The molecule has 4 aliphatic carbocycles. The lowest BCUT2D eigenvalue weighted by Crippen LogP contribution is -2.57. The molecule has 0 unspecified atom stereocenters. The van der Waals surface area contributed by atoms with E-state index in [1.165, 1.54) is 38.5 Å². The molecule has 2 saturated heterocycles. The summed E-state index contributed by atoms with van der Waals surface area (Å²) in [5.41, 5.74) is 0.290. The third-order valence-electron chi connectivity index (χ3n) is 9.09. The van der Waals surface area contributed by atoms with Crippen molar-refractivity contribution < 1.29 is 13.2 Å². The Morgan fingerprint density at radius 2 is 1.47 bits per heavy atom. The van der Waals surface area contributed by atoms with Crippen LogP contribution in [-0.4, -0.2) is 55.2 Å². The van der Waals surface area contributed by atoms with E-state index in [9.17, 15) is 13.2 Å². The van der Waals surface area contributed by atoms with Crippen molar-refractivity contribution in [1.29, 1.82) is 0 Å². The Bertz CT molecular complexity index is 726. The summed E-state index contributed by atoms with van der Waals surface area (Å²) in [5.74, 6) is 2.48. The molecule has 0 aromatic rings. The van der Waals surface area contributed by atoms with Crippen LogP contribution in [0.4, 0.5) is 0 Å². The quantitative estimate of drug-likeness (QED) is 0.718. The summed E-state index contributed by atoms with van der Waals surface area (Å²) in [6.07, 6.45) is 12.6. The highest BCUT2D eigenvalue weighted by Gasteiger charge is 2.53. The highest BCUT2D eigenvalue weighted by atomic mass is 32.2. The monoisotopic (exact) mass is 437 g/mol. The molecule has 0 radical (unpaired) electrons. The number of piperidine rings is 2. The van der Waals surface area contributed by atoms with Crippen LogP contribution in [0.5, 0.6) is 0 Å².